The van der Waals surface area contributed by atoms with Gasteiger partial charge in [-0.25, -0.2) is 4.57 Å². The second kappa shape index (κ2) is 52.6. The van der Waals surface area contributed by atoms with Gasteiger partial charge >= 0.3 is 19.8 Å². The van der Waals surface area contributed by atoms with E-state index in [0.717, 1.165) is 29.4 Å². The van der Waals surface area contributed by atoms with E-state index in [0.29, 0.717) is 44.9 Å². The quantitative estimate of drug-likeness (QED) is 0.0147. The van der Waals surface area contributed by atoms with Gasteiger partial charge in [0.25, 0.3) is 0 Å². The number of imide groups is 2. The number of aliphatic hydroxyl groups is 1. The van der Waals surface area contributed by atoms with Crippen molar-refractivity contribution < 1.29 is 91.4 Å². The molecule has 2 heterocycles. The van der Waals surface area contributed by atoms with Crippen LogP contribution in [-0.2, 0) is 71.2 Å². The predicted octanol–water partition coefficient (Wildman–Crippen LogP) is 23.5. The Morgan fingerprint density at radius 1 is 0.488 bits per heavy atom. The third kappa shape index (κ3) is 72.3. The Bertz CT molecular complexity index is 3450. The van der Waals surface area contributed by atoms with E-state index in [1.54, 1.807) is 46.4 Å². The maximum Gasteiger partial charge on any atom is 0.472 e. The van der Waals surface area contributed by atoms with Crippen LogP contribution in [0.1, 0.15) is 396 Å². The zero-order valence-electron chi connectivity index (χ0n) is 87.1. The average molecular weight is 1910 g/mol. The zero-order chi connectivity index (χ0) is 101. The van der Waals surface area contributed by atoms with Crippen LogP contribution in [0.2, 0.25) is 0 Å². The fraction of sp³-hybridized carbons (Fsp3) is 0.874. The van der Waals surface area contributed by atoms with E-state index in [1.807, 2.05) is 243 Å². The highest BCUT2D eigenvalue weighted by molar-refractivity contribution is 8.03. The summed E-state index contributed by atoms with van der Waals surface area (Å²) in [6.07, 6.45) is 2.30. The first-order chi connectivity index (χ1) is 54.6. The number of nitrogens with one attached hydrogen (secondary N) is 1. The van der Waals surface area contributed by atoms with Gasteiger partial charge in [-0.05, 0) is 139 Å². The number of carboxylic acid groups (broad SMARTS) is 2. The number of hydrogen-bond donors (Lipinski definition) is 5. The minimum Gasteiger partial charge on any atom is -0.481 e. The topological polar surface area (TPSA) is 344 Å². The number of phosphoric acid groups is 1. The number of oxime groups is 1. The minimum atomic E-state index is -4.31. The van der Waals surface area contributed by atoms with Crippen LogP contribution < -0.4 is 5.32 Å². The predicted molar refractivity (Wildman–Crippen MR) is 533 cm³/mol. The van der Waals surface area contributed by atoms with Gasteiger partial charge in [0, 0.05) is 119 Å². The van der Waals surface area contributed by atoms with Crippen LogP contribution in [0.5, 0.6) is 0 Å². The highest BCUT2D eigenvalue weighted by Gasteiger charge is 2.49. The number of phosphoric ester groups is 1. The van der Waals surface area contributed by atoms with E-state index < -0.39 is 64.2 Å². The molecule has 0 aromatic carbocycles. The summed E-state index contributed by atoms with van der Waals surface area (Å²) in [6, 6.07) is 0. The van der Waals surface area contributed by atoms with E-state index in [1.165, 1.54) is 33.3 Å². The van der Waals surface area contributed by atoms with Crippen molar-refractivity contribution in [3.05, 3.63) is 0 Å². The van der Waals surface area contributed by atoms with Gasteiger partial charge in [-0.3, -0.25) is 71.6 Å². The number of aliphatic carboxylic acids is 2. The van der Waals surface area contributed by atoms with Gasteiger partial charge in [-0.1, -0.05) is 227 Å². The Hall–Kier alpha value is -2.99. The maximum absolute atomic E-state index is 12.3. The summed E-state index contributed by atoms with van der Waals surface area (Å²) in [4.78, 5) is 147. The molecular weight excluding hydrogens is 1720 g/mol. The summed E-state index contributed by atoms with van der Waals surface area (Å²) in [5.41, 5.74) is -2.54. The van der Waals surface area contributed by atoms with Crippen LogP contribution in [-0.4, -0.2) is 202 Å². The van der Waals surface area contributed by atoms with Crippen molar-refractivity contribution in [2.75, 3.05) is 23.9 Å². The van der Waals surface area contributed by atoms with E-state index in [4.69, 9.17) is 24.1 Å². The summed E-state index contributed by atoms with van der Waals surface area (Å²) >= 11 is 10.0. The van der Waals surface area contributed by atoms with E-state index in [2.05, 4.69) is 93.6 Å². The lowest BCUT2D eigenvalue weighted by atomic mass is 9.80. The zero-order valence-corrected chi connectivity index (χ0v) is 92.9. The fourth-order valence-electron chi connectivity index (χ4n) is 10.7. The SMILES string of the molecule is CC(C)(C)C1CC(=O)N(C(C)(C)C)C1=O.CC(C)(C)CC(=O)C(CC(=O)O)SC(C)(C)C.CC(C)(C)CC(=O)CC(SC(C)(C)C)C(=O)O.CC(C)(C)NC(=O)C(C)(C)C.CC(C)(C)ON=C(CSC(C)(C)C)CSC(C)(C)C.CC(C)(C)OP(=O)(O)OCC(C)(C)C(O)C(=O)CCCC(=O)CCCSC(C)(C)C.CC(C)(C)SC1CC(=O)N(C(C)(C)C)C1=O. The number of likely N-dealkylation sites (tertiary alicyclic amines) is 2. The molecule has 0 aromatic heterocycles. The molecule has 0 aromatic rings. The summed E-state index contributed by atoms with van der Waals surface area (Å²) in [5, 5.41) is 34.4. The minimum absolute atomic E-state index is 0.00843. The van der Waals surface area contributed by atoms with Crippen LogP contribution in [0.15, 0.2) is 5.16 Å². The van der Waals surface area contributed by atoms with Gasteiger partial charge in [0.1, 0.15) is 34.3 Å². The summed E-state index contributed by atoms with van der Waals surface area (Å²) < 4.78 is 22.4. The molecule has 0 radical (unpaired) electrons. The molecule has 5 amide bonds. The largest absolute Gasteiger partial charge is 0.481 e. The van der Waals surface area contributed by atoms with Gasteiger partial charge in [-0.2, -0.15) is 11.8 Å². The molecule has 125 heavy (non-hydrogen) atoms. The van der Waals surface area contributed by atoms with E-state index in [9.17, 15) is 67.3 Å². The fourth-order valence-corrected chi connectivity index (χ4v) is 18.3. The van der Waals surface area contributed by atoms with Crippen molar-refractivity contribution in [1.29, 1.82) is 0 Å². The maximum atomic E-state index is 12.3. The number of ketones is 4. The van der Waals surface area contributed by atoms with Crippen LogP contribution in [0.3, 0.4) is 0 Å². The number of amides is 5. The average Bonchev–Trinajstić information content (AvgIpc) is 1.64. The molecule has 5 N–H and O–H groups in total. The molecule has 0 bridgehead atoms. The van der Waals surface area contributed by atoms with Gasteiger partial charge in [0.15, 0.2) is 5.78 Å². The number of nitrogens with zero attached hydrogens (tertiary/aromatic N) is 3. The Morgan fingerprint density at radius 3 is 1.21 bits per heavy atom. The number of thioether (sulfide) groups is 6. The number of aliphatic hydroxyl groups excluding tert-OH is 1. The van der Waals surface area contributed by atoms with Crippen molar-refractivity contribution in [2.45, 2.75) is 474 Å². The molecular formula is C95H181N4O19PS6. The first-order valence-electron chi connectivity index (χ1n) is 43.8. The Balaban J connectivity index is -0.000000457. The molecule has 23 nitrogen and oxygen atoms in total. The molecule has 2 aliphatic heterocycles. The lowest BCUT2D eigenvalue weighted by Gasteiger charge is -2.32. The molecule has 2 aliphatic rings. The molecule has 0 saturated carbocycles. The number of hydrogen-bond acceptors (Lipinski definition) is 23. The normalized spacial score (nSPS) is 16.8. The summed E-state index contributed by atoms with van der Waals surface area (Å²) in [6.45, 7) is 92.7. The Morgan fingerprint density at radius 2 is 0.896 bits per heavy atom. The van der Waals surface area contributed by atoms with Crippen LogP contribution >= 0.6 is 78.4 Å². The van der Waals surface area contributed by atoms with E-state index in [-0.39, 0.29) is 145 Å². The molecule has 2 saturated heterocycles. The molecule has 6 atom stereocenters. The highest BCUT2D eigenvalue weighted by Crippen LogP contribution is 2.49. The monoisotopic (exact) mass is 1910 g/mol. The smallest absolute Gasteiger partial charge is 0.472 e. The molecule has 2 rings (SSSR count). The van der Waals surface area contributed by atoms with Gasteiger partial charge in [0.05, 0.1) is 40.8 Å². The summed E-state index contributed by atoms with van der Waals surface area (Å²) in [5.74, 6) is 0.583. The van der Waals surface area contributed by atoms with E-state index >= 15 is 0 Å². The van der Waals surface area contributed by atoms with Crippen molar-refractivity contribution in [3.63, 3.8) is 0 Å². The first kappa shape index (κ1) is 130. The molecule has 0 spiro atoms. The third-order valence-electron chi connectivity index (χ3n) is 16.0. The van der Waals surface area contributed by atoms with Crippen molar-refractivity contribution in [1.82, 2.24) is 15.1 Å². The molecule has 6 unspecified atom stereocenters. The highest BCUT2D eigenvalue weighted by atomic mass is 32.2. The standard InChI is InChI=1S/C21H41O7PS.C15H31NOS2.2C13H24O3S.C12H21NO2S.C12H21NO2.C9H19NO/c1-19(2,3)28-29(25,26)27-15-21(7,8)18(24)17(23)13-9-11-16(22)12-10-14-30-20(4,5)6;1-13(2,3)17-16-12(10-18-14(4,5)6)11-19-15(7,8)9;1-12(2,3)8-9(14)10(7-11(15)16)17-13(4,5)6;1-12(2,3)8-9(14)7-10(11(15)16)17-13(4,5)6;1-11(2,3)13-9(14)7-8(10(13)15)16-12(4,5)6;1-11(2,3)8-7-9(14)13(10(8)15)12(4,5)6;1-8(2,3)7(11)10-9(4,5)6/h18,24H,9-15H2,1-8H3,(H,25,26);10-11H2,1-9H3;2*10H,7-8H2,1-6H3,(H,15,16);8H,7H2,1-6H3;8H,7H2,1-6H3;1-6H3,(H,10,11). The Labute approximate surface area is 786 Å². The second-order valence-corrected chi connectivity index (χ2v) is 61.4. The summed E-state index contributed by atoms with van der Waals surface area (Å²) in [7, 11) is -4.31. The molecule has 0 aliphatic carbocycles. The third-order valence-corrected chi connectivity index (χ3v) is 25.4. The van der Waals surface area contributed by atoms with Crippen molar-refractivity contribution in [2.24, 2.45) is 38.1 Å². The lowest BCUT2D eigenvalue weighted by molar-refractivity contribution is -0.146. The van der Waals surface area contributed by atoms with Crippen LogP contribution in [0.25, 0.3) is 0 Å². The number of rotatable bonds is 30. The first-order valence-corrected chi connectivity index (χ1v) is 50.9. The van der Waals surface area contributed by atoms with Crippen LogP contribution in [0, 0.1) is 33.0 Å². The molecule has 30 heteroatoms. The number of carbonyl (C=O) groups is 11. The Kier molecular flexibility index (Phi) is 54.9. The van der Waals surface area contributed by atoms with Gasteiger partial charge in [0.2, 0.25) is 29.5 Å². The molecule has 736 valence electrons. The van der Waals surface area contributed by atoms with Crippen molar-refractivity contribution in [3.8, 4) is 0 Å². The number of carbonyl (C=O) groups excluding carboxylic acids is 9. The van der Waals surface area contributed by atoms with Crippen molar-refractivity contribution >= 4 is 149 Å². The van der Waals surface area contributed by atoms with Crippen LogP contribution in [0.4, 0.5) is 0 Å². The van der Waals surface area contributed by atoms with Gasteiger partial charge in [-0.15, -0.1) is 58.8 Å². The number of carboxylic acids is 2. The van der Waals surface area contributed by atoms with Gasteiger partial charge < -0.3 is 30.4 Å². The lowest BCUT2D eigenvalue weighted by Crippen LogP contribution is -2.46. The molecule has 2 fully saturated rings. The second-order valence-electron chi connectivity index (χ2n) is 48.5. The number of Topliss-reactive ketones (excluding diaryl/α,β-unsaturated/α-hetero) is 4.